The summed E-state index contributed by atoms with van der Waals surface area (Å²) in [6, 6.07) is 7.12. The lowest BCUT2D eigenvalue weighted by molar-refractivity contribution is 0.526. The summed E-state index contributed by atoms with van der Waals surface area (Å²) in [6.07, 6.45) is 3.51. The summed E-state index contributed by atoms with van der Waals surface area (Å²) in [5, 5.41) is 0. The van der Waals surface area contributed by atoms with Crippen LogP contribution in [-0.2, 0) is 10.0 Å². The van der Waals surface area contributed by atoms with Crippen LogP contribution < -0.4 is 0 Å². The lowest BCUT2D eigenvalue weighted by Gasteiger charge is -2.08. The Labute approximate surface area is 116 Å². The van der Waals surface area contributed by atoms with Crippen molar-refractivity contribution in [1.29, 1.82) is 0 Å². The Kier molecular flexibility index (Phi) is 3.58. The minimum absolute atomic E-state index is 0.0804. The molecule has 0 bridgehead atoms. The highest BCUT2D eigenvalue weighted by Gasteiger charge is 2.61. The zero-order valence-corrected chi connectivity index (χ0v) is 12.6. The summed E-state index contributed by atoms with van der Waals surface area (Å²) in [4.78, 5) is 0.382. The summed E-state index contributed by atoms with van der Waals surface area (Å²) < 4.78 is 26.8. The highest BCUT2D eigenvalue weighted by molar-refractivity contribution is 7.89. The predicted octanol–water partition coefficient (Wildman–Crippen LogP) is 3.11. The van der Waals surface area contributed by atoms with Crippen molar-refractivity contribution >= 4 is 10.0 Å². The molecule has 0 amide bonds. The van der Waals surface area contributed by atoms with Gasteiger partial charge < -0.3 is 0 Å². The van der Waals surface area contributed by atoms with Crippen LogP contribution in [0.1, 0.15) is 32.3 Å². The first-order chi connectivity index (χ1) is 8.81. The third-order valence-corrected chi connectivity index (χ3v) is 5.93. The Hall–Kier alpha value is -1.13. The van der Waals surface area contributed by atoms with Crippen LogP contribution in [0.4, 0.5) is 0 Å². The summed E-state index contributed by atoms with van der Waals surface area (Å²) >= 11 is 0. The number of allylic oxidation sites excluding steroid dienone is 1. The van der Waals surface area contributed by atoms with Gasteiger partial charge in [-0.2, -0.15) is 4.31 Å². The maximum atomic E-state index is 12.6. The molecule has 3 nitrogen and oxygen atoms in total. The number of sulfonamides is 1. The van der Waals surface area contributed by atoms with Crippen LogP contribution in [-0.4, -0.2) is 24.3 Å². The van der Waals surface area contributed by atoms with E-state index in [1.54, 1.807) is 16.4 Å². The van der Waals surface area contributed by atoms with Gasteiger partial charge in [-0.1, -0.05) is 23.8 Å². The van der Waals surface area contributed by atoms with Gasteiger partial charge in [0.2, 0.25) is 10.0 Å². The van der Waals surface area contributed by atoms with Gasteiger partial charge in [-0.05, 0) is 45.7 Å². The van der Waals surface area contributed by atoms with Gasteiger partial charge in [-0.15, -0.1) is 6.58 Å². The Morgan fingerprint density at radius 2 is 1.89 bits per heavy atom. The maximum Gasteiger partial charge on any atom is 0.243 e. The SMILES string of the molecule is C=CCCC1N(S(=O)(=O)c2ccc(C)cc2)C1(C)C. The van der Waals surface area contributed by atoms with Crippen molar-refractivity contribution in [1.82, 2.24) is 4.31 Å². The minimum Gasteiger partial charge on any atom is -0.207 e. The highest BCUT2D eigenvalue weighted by atomic mass is 32.2. The summed E-state index contributed by atoms with van der Waals surface area (Å²) in [5.41, 5.74) is 0.777. The minimum atomic E-state index is -3.37. The topological polar surface area (TPSA) is 37.1 Å². The third-order valence-electron chi connectivity index (χ3n) is 3.82. The van der Waals surface area contributed by atoms with E-state index < -0.39 is 10.0 Å². The lowest BCUT2D eigenvalue weighted by atomic mass is 10.1. The van der Waals surface area contributed by atoms with Crippen molar-refractivity contribution < 1.29 is 8.42 Å². The molecule has 0 aliphatic carbocycles. The van der Waals surface area contributed by atoms with E-state index in [1.165, 1.54) is 0 Å². The van der Waals surface area contributed by atoms with Gasteiger partial charge in [0, 0.05) is 11.6 Å². The van der Waals surface area contributed by atoms with E-state index in [1.807, 2.05) is 39.0 Å². The molecule has 1 aromatic rings. The molecule has 1 aromatic carbocycles. The third kappa shape index (κ3) is 2.47. The van der Waals surface area contributed by atoms with E-state index in [4.69, 9.17) is 0 Å². The summed E-state index contributed by atoms with van der Waals surface area (Å²) in [6.45, 7) is 9.60. The maximum absolute atomic E-state index is 12.6. The van der Waals surface area contributed by atoms with Gasteiger partial charge in [0.1, 0.15) is 0 Å². The second-order valence-electron chi connectivity index (χ2n) is 5.65. The molecule has 2 atom stereocenters. The molecule has 19 heavy (non-hydrogen) atoms. The van der Waals surface area contributed by atoms with Crippen LogP contribution in [0.25, 0.3) is 0 Å². The molecule has 0 N–H and O–H groups in total. The van der Waals surface area contributed by atoms with Crippen LogP contribution in [0.3, 0.4) is 0 Å². The number of benzene rings is 1. The fourth-order valence-electron chi connectivity index (χ4n) is 2.58. The van der Waals surface area contributed by atoms with E-state index in [2.05, 4.69) is 6.58 Å². The first-order valence-corrected chi connectivity index (χ1v) is 7.98. The molecule has 1 fully saturated rings. The second kappa shape index (κ2) is 4.76. The summed E-state index contributed by atoms with van der Waals surface area (Å²) in [5.74, 6) is 0. The van der Waals surface area contributed by atoms with Crippen LogP contribution in [0.5, 0.6) is 0 Å². The molecule has 104 valence electrons. The molecule has 2 unspecified atom stereocenters. The number of hydrogen-bond acceptors (Lipinski definition) is 2. The molecule has 0 radical (unpaired) electrons. The Balaban J connectivity index is 2.26. The number of hydrogen-bond donors (Lipinski definition) is 0. The van der Waals surface area contributed by atoms with Crippen molar-refractivity contribution in [2.45, 2.75) is 50.1 Å². The average molecular weight is 279 g/mol. The standard InChI is InChI=1S/C15H21NO2S/c1-5-6-7-14-15(3,4)16(14)19(17,18)13-10-8-12(2)9-11-13/h5,8-11,14H,1,6-7H2,2-4H3. The van der Waals surface area contributed by atoms with Crippen molar-refractivity contribution in [3.8, 4) is 0 Å². The van der Waals surface area contributed by atoms with Crippen LogP contribution in [0, 0.1) is 6.92 Å². The molecule has 1 heterocycles. The van der Waals surface area contributed by atoms with Gasteiger partial charge in [0.15, 0.2) is 0 Å². The van der Waals surface area contributed by atoms with Gasteiger partial charge in [-0.3, -0.25) is 0 Å². The first-order valence-electron chi connectivity index (χ1n) is 6.54. The van der Waals surface area contributed by atoms with Crippen molar-refractivity contribution in [3.05, 3.63) is 42.5 Å². The summed E-state index contributed by atoms with van der Waals surface area (Å²) in [7, 11) is -3.37. The predicted molar refractivity (Wildman–Crippen MR) is 77.5 cm³/mol. The largest absolute Gasteiger partial charge is 0.243 e. The molecular weight excluding hydrogens is 258 g/mol. The van der Waals surface area contributed by atoms with Gasteiger partial charge in [0.05, 0.1) is 4.90 Å². The molecule has 4 heteroatoms. The van der Waals surface area contributed by atoms with Crippen molar-refractivity contribution in [2.24, 2.45) is 0 Å². The fourth-order valence-corrected chi connectivity index (χ4v) is 4.68. The Morgan fingerprint density at radius 1 is 1.32 bits per heavy atom. The normalized spacial score (nSPS) is 25.0. The molecule has 1 aliphatic heterocycles. The van der Waals surface area contributed by atoms with E-state index in [-0.39, 0.29) is 11.6 Å². The van der Waals surface area contributed by atoms with Crippen molar-refractivity contribution in [3.63, 3.8) is 0 Å². The number of aryl methyl sites for hydroxylation is 1. The van der Waals surface area contributed by atoms with Crippen LogP contribution in [0.2, 0.25) is 0 Å². The number of rotatable bonds is 5. The molecule has 0 spiro atoms. The average Bonchev–Trinajstić information content (AvgIpc) is 2.90. The molecule has 1 saturated heterocycles. The van der Waals surface area contributed by atoms with Gasteiger partial charge >= 0.3 is 0 Å². The lowest BCUT2D eigenvalue weighted by Crippen LogP contribution is -2.18. The van der Waals surface area contributed by atoms with Crippen LogP contribution in [0.15, 0.2) is 41.8 Å². The van der Waals surface area contributed by atoms with E-state index in [9.17, 15) is 8.42 Å². The van der Waals surface area contributed by atoms with Crippen molar-refractivity contribution in [2.75, 3.05) is 0 Å². The Bertz CT molecular complexity index is 573. The number of nitrogens with zero attached hydrogens (tertiary/aromatic N) is 1. The molecule has 1 aliphatic rings. The zero-order valence-electron chi connectivity index (χ0n) is 11.8. The first kappa shape index (κ1) is 14.3. The zero-order chi connectivity index (χ0) is 14.3. The van der Waals surface area contributed by atoms with E-state index >= 15 is 0 Å². The smallest absolute Gasteiger partial charge is 0.207 e. The van der Waals surface area contributed by atoms with E-state index in [0.29, 0.717) is 4.90 Å². The quantitative estimate of drug-likeness (QED) is 0.613. The monoisotopic (exact) mass is 279 g/mol. The molecule has 0 aromatic heterocycles. The molecule has 0 saturated carbocycles. The second-order valence-corrected chi connectivity index (χ2v) is 7.46. The Morgan fingerprint density at radius 3 is 2.42 bits per heavy atom. The van der Waals surface area contributed by atoms with Gasteiger partial charge in [-0.25, -0.2) is 8.42 Å². The molecule has 2 rings (SSSR count). The van der Waals surface area contributed by atoms with Gasteiger partial charge in [0.25, 0.3) is 0 Å². The highest BCUT2D eigenvalue weighted by Crippen LogP contribution is 2.47. The van der Waals surface area contributed by atoms with E-state index in [0.717, 1.165) is 18.4 Å². The fraction of sp³-hybridized carbons (Fsp3) is 0.467. The molecular formula is C15H21NO2S. The van der Waals surface area contributed by atoms with Crippen LogP contribution >= 0.6 is 0 Å².